The van der Waals surface area contributed by atoms with Gasteiger partial charge in [0.1, 0.15) is 5.75 Å². The summed E-state index contributed by atoms with van der Waals surface area (Å²) < 4.78 is 0. The Hall–Kier alpha value is -2.04. The van der Waals surface area contributed by atoms with Gasteiger partial charge in [0, 0.05) is 20.0 Å². The van der Waals surface area contributed by atoms with E-state index in [0.717, 1.165) is 0 Å². The van der Waals surface area contributed by atoms with Crippen LogP contribution in [0.3, 0.4) is 0 Å². The molecule has 1 rings (SSSR count). The molecule has 0 saturated carbocycles. The Kier molecular flexibility index (Phi) is 4.32. The van der Waals surface area contributed by atoms with Crippen molar-refractivity contribution in [1.82, 2.24) is 10.6 Å². The summed E-state index contributed by atoms with van der Waals surface area (Å²) in [5, 5.41) is 14.5. The fourth-order valence-corrected chi connectivity index (χ4v) is 1.18. The van der Waals surface area contributed by atoms with Crippen LogP contribution in [0.2, 0.25) is 0 Å². The van der Waals surface area contributed by atoms with Crippen LogP contribution in [0, 0.1) is 0 Å². The molecule has 86 valence electrons. The Morgan fingerprint density at radius 1 is 1.19 bits per heavy atom. The third kappa shape index (κ3) is 3.61. The Morgan fingerprint density at radius 3 is 2.44 bits per heavy atom. The Labute approximate surface area is 93.5 Å². The number of aromatic hydroxyl groups is 1. The molecule has 3 N–H and O–H groups in total. The summed E-state index contributed by atoms with van der Waals surface area (Å²) in [5.41, 5.74) is 0.227. The van der Waals surface area contributed by atoms with E-state index in [-0.39, 0.29) is 23.1 Å². The second-order valence-electron chi connectivity index (χ2n) is 3.26. The molecule has 0 aliphatic carbocycles. The first kappa shape index (κ1) is 12.0. The lowest BCUT2D eigenvalue weighted by Gasteiger charge is -2.06. The first-order chi connectivity index (χ1) is 7.61. The summed E-state index contributed by atoms with van der Waals surface area (Å²) in [6.07, 6.45) is 0. The van der Waals surface area contributed by atoms with Gasteiger partial charge in [-0.05, 0) is 12.1 Å². The molecule has 16 heavy (non-hydrogen) atoms. The van der Waals surface area contributed by atoms with Crippen LogP contribution in [-0.2, 0) is 4.79 Å². The summed E-state index contributed by atoms with van der Waals surface area (Å²) in [6.45, 7) is 2.10. The standard InChI is InChI=1S/C11H14N2O3/c1-8(14)12-6-7-13-11(16)9-4-2-3-5-10(9)15/h2-5,15H,6-7H2,1H3,(H,12,14)(H,13,16). The molecule has 0 aliphatic heterocycles. The first-order valence-electron chi connectivity index (χ1n) is 4.92. The fourth-order valence-electron chi connectivity index (χ4n) is 1.18. The molecule has 5 heteroatoms. The van der Waals surface area contributed by atoms with E-state index in [4.69, 9.17) is 0 Å². The van der Waals surface area contributed by atoms with Crippen molar-refractivity contribution in [3.63, 3.8) is 0 Å². The largest absolute Gasteiger partial charge is 0.507 e. The number of hydrogen-bond donors (Lipinski definition) is 3. The molecule has 2 amide bonds. The van der Waals surface area contributed by atoms with Crippen LogP contribution in [0.1, 0.15) is 17.3 Å². The molecule has 5 nitrogen and oxygen atoms in total. The van der Waals surface area contributed by atoms with Crippen LogP contribution < -0.4 is 10.6 Å². The monoisotopic (exact) mass is 222 g/mol. The predicted molar refractivity (Wildman–Crippen MR) is 59.1 cm³/mol. The van der Waals surface area contributed by atoms with Crippen molar-refractivity contribution in [3.8, 4) is 5.75 Å². The number of hydrogen-bond acceptors (Lipinski definition) is 3. The lowest BCUT2D eigenvalue weighted by molar-refractivity contribution is -0.118. The molecule has 0 radical (unpaired) electrons. The summed E-state index contributed by atoms with van der Waals surface area (Å²) in [5.74, 6) is -0.556. The van der Waals surface area contributed by atoms with Crippen LogP contribution in [0.25, 0.3) is 0 Å². The van der Waals surface area contributed by atoms with Gasteiger partial charge < -0.3 is 15.7 Å². The normalized spacial score (nSPS) is 9.56. The van der Waals surface area contributed by atoms with Gasteiger partial charge in [0.25, 0.3) is 5.91 Å². The van der Waals surface area contributed by atoms with E-state index in [1.807, 2.05) is 0 Å². The molecule has 0 aromatic heterocycles. The Bertz CT molecular complexity index is 391. The zero-order valence-corrected chi connectivity index (χ0v) is 8.99. The van der Waals surface area contributed by atoms with E-state index in [1.165, 1.54) is 19.1 Å². The van der Waals surface area contributed by atoms with Gasteiger partial charge >= 0.3 is 0 Å². The maximum atomic E-state index is 11.5. The van der Waals surface area contributed by atoms with Gasteiger partial charge in [-0.3, -0.25) is 9.59 Å². The number of rotatable bonds is 4. The highest BCUT2D eigenvalue weighted by Gasteiger charge is 2.08. The Morgan fingerprint density at radius 2 is 1.81 bits per heavy atom. The quantitative estimate of drug-likeness (QED) is 0.639. The molecule has 0 spiro atoms. The molecule has 1 aromatic carbocycles. The number of carbonyl (C=O) groups is 2. The van der Waals surface area contributed by atoms with Crippen molar-refractivity contribution in [2.45, 2.75) is 6.92 Å². The van der Waals surface area contributed by atoms with Crippen LogP contribution in [-0.4, -0.2) is 30.0 Å². The molecule has 0 unspecified atom stereocenters. The molecular weight excluding hydrogens is 208 g/mol. The second kappa shape index (κ2) is 5.75. The molecule has 0 aliphatic rings. The summed E-state index contributed by atoms with van der Waals surface area (Å²) in [7, 11) is 0. The van der Waals surface area contributed by atoms with Crippen molar-refractivity contribution >= 4 is 11.8 Å². The molecule has 0 bridgehead atoms. The van der Waals surface area contributed by atoms with E-state index in [0.29, 0.717) is 13.1 Å². The van der Waals surface area contributed by atoms with Crippen LogP contribution in [0.4, 0.5) is 0 Å². The molecule has 0 fully saturated rings. The second-order valence-corrected chi connectivity index (χ2v) is 3.26. The molecule has 0 saturated heterocycles. The van der Waals surface area contributed by atoms with Crippen LogP contribution in [0.5, 0.6) is 5.75 Å². The van der Waals surface area contributed by atoms with Gasteiger partial charge in [-0.25, -0.2) is 0 Å². The van der Waals surface area contributed by atoms with Crippen molar-refractivity contribution in [1.29, 1.82) is 0 Å². The van der Waals surface area contributed by atoms with E-state index >= 15 is 0 Å². The lowest BCUT2D eigenvalue weighted by atomic mass is 10.2. The average molecular weight is 222 g/mol. The van der Waals surface area contributed by atoms with E-state index in [2.05, 4.69) is 10.6 Å². The summed E-state index contributed by atoms with van der Waals surface area (Å²) >= 11 is 0. The average Bonchev–Trinajstić information content (AvgIpc) is 2.24. The highest BCUT2D eigenvalue weighted by molar-refractivity contribution is 5.96. The van der Waals surface area contributed by atoms with Crippen LogP contribution in [0.15, 0.2) is 24.3 Å². The van der Waals surface area contributed by atoms with Gasteiger partial charge in [-0.15, -0.1) is 0 Å². The number of para-hydroxylation sites is 1. The minimum Gasteiger partial charge on any atom is -0.507 e. The fraction of sp³-hybridized carbons (Fsp3) is 0.273. The van der Waals surface area contributed by atoms with Crippen molar-refractivity contribution in [2.24, 2.45) is 0 Å². The third-order valence-electron chi connectivity index (χ3n) is 1.93. The smallest absolute Gasteiger partial charge is 0.255 e. The third-order valence-corrected chi connectivity index (χ3v) is 1.93. The summed E-state index contributed by atoms with van der Waals surface area (Å²) in [6, 6.07) is 6.29. The van der Waals surface area contributed by atoms with Gasteiger partial charge in [-0.1, -0.05) is 12.1 Å². The SMILES string of the molecule is CC(=O)NCCNC(=O)c1ccccc1O. The van der Waals surface area contributed by atoms with E-state index < -0.39 is 0 Å². The predicted octanol–water partition coefficient (Wildman–Crippen LogP) is 0.258. The van der Waals surface area contributed by atoms with Gasteiger partial charge in [0.15, 0.2) is 0 Å². The van der Waals surface area contributed by atoms with Gasteiger partial charge in [-0.2, -0.15) is 0 Å². The molecule has 1 aromatic rings. The molecule has 0 atom stereocenters. The number of benzene rings is 1. The molecule has 0 heterocycles. The number of amides is 2. The summed E-state index contributed by atoms with van der Waals surface area (Å²) in [4.78, 5) is 22.1. The first-order valence-corrected chi connectivity index (χ1v) is 4.92. The van der Waals surface area contributed by atoms with E-state index in [1.54, 1.807) is 12.1 Å². The van der Waals surface area contributed by atoms with Crippen LogP contribution >= 0.6 is 0 Å². The minimum atomic E-state index is -0.358. The zero-order chi connectivity index (χ0) is 12.0. The zero-order valence-electron chi connectivity index (χ0n) is 8.99. The number of carbonyl (C=O) groups excluding carboxylic acids is 2. The lowest BCUT2D eigenvalue weighted by Crippen LogP contribution is -2.33. The Balaban J connectivity index is 2.41. The van der Waals surface area contributed by atoms with Crippen molar-refractivity contribution < 1.29 is 14.7 Å². The van der Waals surface area contributed by atoms with E-state index in [9.17, 15) is 14.7 Å². The number of phenolic OH excluding ortho intramolecular Hbond substituents is 1. The number of nitrogens with one attached hydrogen (secondary N) is 2. The van der Waals surface area contributed by atoms with Crippen molar-refractivity contribution in [2.75, 3.05) is 13.1 Å². The highest BCUT2D eigenvalue weighted by Crippen LogP contribution is 2.14. The number of phenols is 1. The maximum Gasteiger partial charge on any atom is 0.255 e. The highest BCUT2D eigenvalue weighted by atomic mass is 16.3. The van der Waals surface area contributed by atoms with Crippen molar-refractivity contribution in [3.05, 3.63) is 29.8 Å². The van der Waals surface area contributed by atoms with Gasteiger partial charge in [0.2, 0.25) is 5.91 Å². The maximum absolute atomic E-state index is 11.5. The minimum absolute atomic E-state index is 0.0560. The van der Waals surface area contributed by atoms with Gasteiger partial charge in [0.05, 0.1) is 5.56 Å². The topological polar surface area (TPSA) is 78.4 Å². The molecular formula is C11H14N2O3.